The highest BCUT2D eigenvalue weighted by molar-refractivity contribution is 6.17. The van der Waals surface area contributed by atoms with Crippen LogP contribution >= 0.6 is 0 Å². The number of aliphatic hydroxyl groups is 1. The topological polar surface area (TPSA) is 55.7 Å². The fourth-order valence-electron chi connectivity index (χ4n) is 4.79. The highest BCUT2D eigenvalue weighted by atomic mass is 16.5. The molecule has 6 rings (SSSR count). The summed E-state index contributed by atoms with van der Waals surface area (Å²) in [5.74, 6) is 9.06. The van der Waals surface area contributed by atoms with Gasteiger partial charge in [-0.15, -0.1) is 5.92 Å². The summed E-state index contributed by atoms with van der Waals surface area (Å²) in [5.41, 5.74) is 7.19. The van der Waals surface area contributed by atoms with Crippen LogP contribution in [0.4, 0.5) is 0 Å². The van der Waals surface area contributed by atoms with Crippen LogP contribution in [0.5, 0.6) is 0 Å². The van der Waals surface area contributed by atoms with E-state index in [0.717, 1.165) is 84.0 Å². The molecule has 0 atom stereocenters. The van der Waals surface area contributed by atoms with Crippen LogP contribution in [-0.4, -0.2) is 19.3 Å². The number of methoxy groups -OCH3 is 1. The predicted molar refractivity (Wildman–Crippen MR) is 158 cm³/mol. The van der Waals surface area contributed by atoms with Crippen molar-refractivity contribution >= 4 is 66.8 Å². The third kappa shape index (κ3) is 4.28. The van der Waals surface area contributed by atoms with E-state index in [9.17, 15) is 0 Å². The van der Waals surface area contributed by atoms with Crippen LogP contribution in [0.2, 0.25) is 0 Å². The number of hydrogen-bond donors (Lipinski definition) is 1. The van der Waals surface area contributed by atoms with Gasteiger partial charge in [0.2, 0.25) is 0 Å². The van der Waals surface area contributed by atoms with Crippen molar-refractivity contribution in [2.24, 2.45) is 0 Å². The number of benzene rings is 4. The van der Waals surface area contributed by atoms with Gasteiger partial charge < -0.3 is 18.7 Å². The number of furan rings is 2. The summed E-state index contributed by atoms with van der Waals surface area (Å²) in [6, 6.07) is 18.8. The average Bonchev–Trinajstić information content (AvgIpc) is 3.46. The van der Waals surface area contributed by atoms with Crippen molar-refractivity contribution in [1.82, 2.24) is 0 Å². The number of rotatable bonds is 2. The van der Waals surface area contributed by atoms with Crippen molar-refractivity contribution in [3.8, 4) is 23.9 Å². The van der Waals surface area contributed by atoms with Crippen molar-refractivity contribution in [2.45, 2.75) is 13.8 Å². The quantitative estimate of drug-likeness (QED) is 0.244. The molecule has 2 aromatic heterocycles. The zero-order valence-corrected chi connectivity index (χ0v) is 21.7. The Kier molecular flexibility index (Phi) is 6.67. The SMILES string of the molecule is C=Cc1cc2c(cc1/C=C(\C)C#COC)oc1cc3c(cc12)oc1cc2cc(C#CC)ccc2cc13.CO. The van der Waals surface area contributed by atoms with E-state index >= 15 is 0 Å². The van der Waals surface area contributed by atoms with Crippen LogP contribution in [-0.2, 0) is 4.74 Å². The van der Waals surface area contributed by atoms with Gasteiger partial charge in [-0.3, -0.25) is 0 Å². The van der Waals surface area contributed by atoms with Gasteiger partial charge in [-0.25, -0.2) is 0 Å². The average molecular weight is 499 g/mol. The molecule has 186 valence electrons. The molecule has 4 heteroatoms. The van der Waals surface area contributed by atoms with Gasteiger partial charge in [0, 0.05) is 39.8 Å². The van der Waals surface area contributed by atoms with Crippen molar-refractivity contribution in [3.05, 3.63) is 83.4 Å². The number of ether oxygens (including phenoxy) is 1. The van der Waals surface area contributed by atoms with E-state index < -0.39 is 0 Å². The first-order valence-electron chi connectivity index (χ1n) is 12.1. The molecule has 0 aliphatic heterocycles. The molecule has 0 amide bonds. The Morgan fingerprint density at radius 2 is 1.45 bits per heavy atom. The third-order valence-corrected chi connectivity index (χ3v) is 6.44. The molecule has 4 nitrogen and oxygen atoms in total. The van der Waals surface area contributed by atoms with Gasteiger partial charge in [0.25, 0.3) is 0 Å². The first-order chi connectivity index (χ1) is 18.6. The number of fused-ring (bicyclic) bond motifs is 7. The lowest BCUT2D eigenvalue weighted by molar-refractivity contribution is 0.372. The Balaban J connectivity index is 0.00000144. The van der Waals surface area contributed by atoms with E-state index in [2.05, 4.69) is 79.0 Å². The minimum absolute atomic E-state index is 0.807. The lowest BCUT2D eigenvalue weighted by Crippen LogP contribution is -1.82. The molecule has 0 fully saturated rings. The maximum Gasteiger partial charge on any atom is 0.136 e. The Bertz CT molecular complexity index is 2030. The minimum atomic E-state index is 0.807. The lowest BCUT2D eigenvalue weighted by Gasteiger charge is -2.02. The molecule has 0 unspecified atom stereocenters. The monoisotopic (exact) mass is 498 g/mol. The molecular weight excluding hydrogens is 472 g/mol. The standard InChI is InChI=1S/C33H22O3.CH4O/c1-5-7-21-8-9-23-15-27-29-19-32-28(18-33(29)36-31(27)17-25(23)13-21)26-14-22(6-2)24(16-30(26)35-32)12-20(3)10-11-34-4;1-2/h6,8-9,12-19H,2H2,1,3-4H3;2H,1H3/b20-12+;. The summed E-state index contributed by atoms with van der Waals surface area (Å²) in [5, 5.41) is 13.4. The molecule has 1 N–H and O–H groups in total. The van der Waals surface area contributed by atoms with E-state index in [-0.39, 0.29) is 0 Å². The normalized spacial score (nSPS) is 11.1. The van der Waals surface area contributed by atoms with Crippen LogP contribution in [0.25, 0.3) is 66.8 Å². The molecule has 2 heterocycles. The smallest absolute Gasteiger partial charge is 0.136 e. The van der Waals surface area contributed by atoms with Gasteiger partial charge in [0.05, 0.1) is 7.11 Å². The van der Waals surface area contributed by atoms with Gasteiger partial charge in [0.1, 0.15) is 28.4 Å². The number of aliphatic hydroxyl groups excluding tert-OH is 1. The van der Waals surface area contributed by atoms with E-state index in [1.54, 1.807) is 7.11 Å². The highest BCUT2D eigenvalue weighted by Gasteiger charge is 2.15. The van der Waals surface area contributed by atoms with E-state index in [1.807, 2.05) is 32.1 Å². The molecule has 0 saturated carbocycles. The zero-order valence-electron chi connectivity index (χ0n) is 21.7. The largest absolute Gasteiger partial charge is 0.456 e. The first kappa shape index (κ1) is 24.8. The van der Waals surface area contributed by atoms with Gasteiger partial charge in [-0.1, -0.05) is 24.6 Å². The molecule has 6 aromatic rings. The molecule has 4 aromatic carbocycles. The second-order valence-corrected chi connectivity index (χ2v) is 8.77. The molecule has 0 aliphatic rings. The number of hydrogen-bond acceptors (Lipinski definition) is 4. The molecule has 38 heavy (non-hydrogen) atoms. The van der Waals surface area contributed by atoms with Crippen LogP contribution in [0.3, 0.4) is 0 Å². The van der Waals surface area contributed by atoms with Crippen LogP contribution in [0.1, 0.15) is 30.5 Å². The summed E-state index contributed by atoms with van der Waals surface area (Å²) in [4.78, 5) is 0. The fourth-order valence-corrected chi connectivity index (χ4v) is 4.79. The predicted octanol–water partition coefficient (Wildman–Crippen LogP) is 8.27. The van der Waals surface area contributed by atoms with Crippen LogP contribution < -0.4 is 0 Å². The van der Waals surface area contributed by atoms with Crippen molar-refractivity contribution in [1.29, 1.82) is 0 Å². The van der Waals surface area contributed by atoms with Crippen molar-refractivity contribution in [2.75, 3.05) is 14.2 Å². The zero-order chi connectivity index (χ0) is 26.8. The Morgan fingerprint density at radius 1 is 0.816 bits per heavy atom. The van der Waals surface area contributed by atoms with Gasteiger partial charge >= 0.3 is 0 Å². The molecule has 0 aliphatic carbocycles. The summed E-state index contributed by atoms with van der Waals surface area (Å²) in [7, 11) is 2.55. The molecular formula is C34H26O4. The van der Waals surface area contributed by atoms with Crippen LogP contribution in [0, 0.1) is 23.9 Å². The Morgan fingerprint density at radius 3 is 2.11 bits per heavy atom. The maximum atomic E-state index is 7.00. The van der Waals surface area contributed by atoms with Gasteiger partial charge in [0.15, 0.2) is 0 Å². The van der Waals surface area contributed by atoms with E-state index in [0.29, 0.717) is 0 Å². The molecule has 0 spiro atoms. The summed E-state index contributed by atoms with van der Waals surface area (Å²) in [6.07, 6.45) is 6.49. The molecule has 0 saturated heterocycles. The summed E-state index contributed by atoms with van der Waals surface area (Å²) < 4.78 is 17.5. The second kappa shape index (κ2) is 10.2. The maximum absolute atomic E-state index is 7.00. The lowest BCUT2D eigenvalue weighted by atomic mass is 10.0. The van der Waals surface area contributed by atoms with Crippen molar-refractivity contribution < 1.29 is 18.7 Å². The molecule has 0 bridgehead atoms. The van der Waals surface area contributed by atoms with Crippen molar-refractivity contribution in [3.63, 3.8) is 0 Å². The Labute approximate surface area is 220 Å². The van der Waals surface area contributed by atoms with Crippen LogP contribution in [0.15, 0.2) is 75.6 Å². The Hall–Kier alpha value is -4.90. The minimum Gasteiger partial charge on any atom is -0.456 e. The summed E-state index contributed by atoms with van der Waals surface area (Å²) in [6.45, 7) is 7.80. The number of allylic oxidation sites excluding steroid dienone is 1. The third-order valence-electron chi connectivity index (χ3n) is 6.44. The highest BCUT2D eigenvalue weighted by Crippen LogP contribution is 2.39. The second-order valence-electron chi connectivity index (χ2n) is 8.77. The van der Waals surface area contributed by atoms with Gasteiger partial charge in [-0.2, -0.15) is 0 Å². The fraction of sp³-hybridized carbons (Fsp3) is 0.118. The van der Waals surface area contributed by atoms with E-state index in [4.69, 9.17) is 18.7 Å². The van der Waals surface area contributed by atoms with E-state index in [1.165, 1.54) is 0 Å². The van der Waals surface area contributed by atoms with Gasteiger partial charge in [-0.05, 0) is 96.3 Å². The molecule has 0 radical (unpaired) electrons. The summed E-state index contributed by atoms with van der Waals surface area (Å²) >= 11 is 0. The first-order valence-corrected chi connectivity index (χ1v) is 12.1.